The number of aromatic nitrogens is 2. The highest BCUT2D eigenvalue weighted by molar-refractivity contribution is 6.30. The molecule has 0 bridgehead atoms. The molecule has 0 unspecified atom stereocenters. The van der Waals surface area contributed by atoms with Gasteiger partial charge in [0.25, 0.3) is 5.56 Å². The van der Waals surface area contributed by atoms with Crippen molar-refractivity contribution < 1.29 is 4.79 Å². The number of para-hydroxylation sites is 2. The number of piperidine rings is 1. The molecule has 1 saturated heterocycles. The normalized spacial score (nSPS) is 15.8. The number of carbonyl (C=O) groups excluding carboxylic acids is 1. The van der Waals surface area contributed by atoms with E-state index < -0.39 is 0 Å². The Bertz CT molecular complexity index is 1390. The van der Waals surface area contributed by atoms with Crippen LogP contribution >= 0.6 is 11.6 Å². The van der Waals surface area contributed by atoms with Gasteiger partial charge in [-0.3, -0.25) is 14.2 Å². The van der Waals surface area contributed by atoms with Gasteiger partial charge in [-0.05, 0) is 48.2 Å². The lowest BCUT2D eigenvalue weighted by atomic mass is 9.97. The maximum absolute atomic E-state index is 13.6. The Morgan fingerprint density at radius 1 is 0.971 bits per heavy atom. The predicted octanol–water partition coefficient (Wildman–Crippen LogP) is 4.63. The minimum Gasteiger partial charge on any atom is -0.352 e. The molecule has 0 spiro atoms. The second-order valence-electron chi connectivity index (χ2n) is 8.93. The number of carbonyl (C=O) groups is 1. The molecule has 5 rings (SSSR count). The first-order valence-electron chi connectivity index (χ1n) is 11.9. The van der Waals surface area contributed by atoms with Gasteiger partial charge in [-0.1, -0.05) is 66.2 Å². The molecule has 1 amide bonds. The van der Waals surface area contributed by atoms with Gasteiger partial charge in [0, 0.05) is 24.7 Å². The van der Waals surface area contributed by atoms with Crippen molar-refractivity contribution >= 4 is 34.4 Å². The maximum Gasteiger partial charge on any atom is 0.294 e. The van der Waals surface area contributed by atoms with E-state index in [4.69, 9.17) is 16.6 Å². The summed E-state index contributed by atoms with van der Waals surface area (Å²) >= 11 is 5.95. The van der Waals surface area contributed by atoms with Gasteiger partial charge in [-0.2, -0.15) is 0 Å². The van der Waals surface area contributed by atoms with E-state index in [1.807, 2.05) is 83.8 Å². The molecule has 1 aliphatic rings. The Balaban J connectivity index is 1.38. The fraction of sp³-hybridized carbons (Fsp3) is 0.250. The van der Waals surface area contributed by atoms with Crippen LogP contribution in [0.15, 0.2) is 83.7 Å². The molecule has 0 saturated carbocycles. The van der Waals surface area contributed by atoms with Gasteiger partial charge in [0.2, 0.25) is 5.91 Å². The molecule has 1 fully saturated rings. The highest BCUT2D eigenvalue weighted by Gasteiger charge is 2.28. The first-order valence-corrected chi connectivity index (χ1v) is 12.3. The lowest BCUT2D eigenvalue weighted by Crippen LogP contribution is -2.45. The number of hydrogen-bond donors (Lipinski definition) is 1. The number of anilines is 1. The van der Waals surface area contributed by atoms with Crippen LogP contribution < -0.4 is 15.8 Å². The van der Waals surface area contributed by atoms with Crippen LogP contribution in [-0.2, 0) is 17.9 Å². The van der Waals surface area contributed by atoms with Crippen LogP contribution in [0.3, 0.4) is 0 Å². The Kier molecular flexibility index (Phi) is 6.82. The summed E-state index contributed by atoms with van der Waals surface area (Å²) < 4.78 is 1.79. The number of rotatable bonds is 6. The molecule has 1 aromatic heterocycles. The first kappa shape index (κ1) is 23.1. The predicted molar refractivity (Wildman–Crippen MR) is 140 cm³/mol. The lowest BCUT2D eigenvalue weighted by Gasteiger charge is -2.32. The smallest absolute Gasteiger partial charge is 0.294 e. The van der Waals surface area contributed by atoms with Crippen LogP contribution in [0.5, 0.6) is 0 Å². The van der Waals surface area contributed by atoms with Crippen molar-refractivity contribution in [2.75, 3.05) is 18.0 Å². The molecule has 1 atom stereocenters. The summed E-state index contributed by atoms with van der Waals surface area (Å²) in [7, 11) is 0. The molecule has 1 aliphatic heterocycles. The molecule has 1 N–H and O–H groups in total. The Hall–Kier alpha value is -3.64. The van der Waals surface area contributed by atoms with Crippen LogP contribution in [0, 0.1) is 5.92 Å². The number of fused-ring (bicyclic) bond motifs is 1. The Labute approximate surface area is 209 Å². The van der Waals surface area contributed by atoms with Crippen molar-refractivity contribution in [1.82, 2.24) is 14.9 Å². The van der Waals surface area contributed by atoms with Gasteiger partial charge in [-0.15, -0.1) is 0 Å². The number of hydrogen-bond acceptors (Lipinski definition) is 4. The average molecular weight is 487 g/mol. The van der Waals surface area contributed by atoms with Crippen molar-refractivity contribution in [3.05, 3.63) is 105 Å². The number of nitrogens with zero attached hydrogens (tertiary/aromatic N) is 3. The second-order valence-corrected chi connectivity index (χ2v) is 9.37. The summed E-state index contributed by atoms with van der Waals surface area (Å²) in [6, 6.07) is 25.1. The minimum absolute atomic E-state index is 0.00458. The van der Waals surface area contributed by atoms with Crippen LogP contribution in [0.1, 0.15) is 24.0 Å². The van der Waals surface area contributed by atoms with E-state index >= 15 is 0 Å². The molecule has 3 aromatic carbocycles. The van der Waals surface area contributed by atoms with Gasteiger partial charge >= 0.3 is 0 Å². The molecule has 4 aromatic rings. The number of nitrogens with one attached hydrogen (secondary N) is 1. The maximum atomic E-state index is 13.6. The summed E-state index contributed by atoms with van der Waals surface area (Å²) in [5.74, 6) is 0.205. The zero-order valence-electron chi connectivity index (χ0n) is 19.4. The molecule has 2 heterocycles. The van der Waals surface area contributed by atoms with E-state index in [1.54, 1.807) is 4.57 Å². The summed E-state index contributed by atoms with van der Waals surface area (Å²) in [5, 5.41) is 3.71. The SMILES string of the molecule is O=C(NCc1ccc(Cl)cc1)[C@@H]1CCCN(c2nc3ccccc3n(Cc3ccccc3)c2=O)C1. The fourth-order valence-corrected chi connectivity index (χ4v) is 4.75. The van der Waals surface area contributed by atoms with Gasteiger partial charge in [0.15, 0.2) is 5.82 Å². The molecule has 0 aliphatic carbocycles. The quantitative estimate of drug-likeness (QED) is 0.431. The topological polar surface area (TPSA) is 67.2 Å². The largest absolute Gasteiger partial charge is 0.352 e. The van der Waals surface area contributed by atoms with E-state index in [-0.39, 0.29) is 17.4 Å². The molecular formula is C28H27ClN4O2. The number of amides is 1. The van der Waals surface area contributed by atoms with Crippen molar-refractivity contribution in [3.8, 4) is 0 Å². The summed E-state index contributed by atoms with van der Waals surface area (Å²) in [5.41, 5.74) is 3.49. The second kappa shape index (κ2) is 10.3. The van der Waals surface area contributed by atoms with Crippen molar-refractivity contribution in [3.63, 3.8) is 0 Å². The zero-order valence-corrected chi connectivity index (χ0v) is 20.1. The van der Waals surface area contributed by atoms with Gasteiger partial charge in [0.1, 0.15) is 0 Å². The van der Waals surface area contributed by atoms with E-state index in [0.29, 0.717) is 37.0 Å². The highest BCUT2D eigenvalue weighted by Crippen LogP contribution is 2.22. The van der Waals surface area contributed by atoms with E-state index in [0.717, 1.165) is 35.0 Å². The van der Waals surface area contributed by atoms with Gasteiger partial charge in [0.05, 0.1) is 23.5 Å². The van der Waals surface area contributed by atoms with Gasteiger partial charge in [-0.25, -0.2) is 4.98 Å². The van der Waals surface area contributed by atoms with E-state index in [9.17, 15) is 9.59 Å². The number of halogens is 1. The fourth-order valence-electron chi connectivity index (χ4n) is 4.63. The van der Waals surface area contributed by atoms with Crippen molar-refractivity contribution in [2.24, 2.45) is 5.92 Å². The molecule has 6 nitrogen and oxygen atoms in total. The zero-order chi connectivity index (χ0) is 24.2. The van der Waals surface area contributed by atoms with Crippen LogP contribution in [-0.4, -0.2) is 28.5 Å². The third-order valence-corrected chi connectivity index (χ3v) is 6.74. The Morgan fingerprint density at radius 3 is 2.51 bits per heavy atom. The van der Waals surface area contributed by atoms with E-state index in [2.05, 4.69) is 5.32 Å². The highest BCUT2D eigenvalue weighted by atomic mass is 35.5. The standard InChI is InChI=1S/C28H27ClN4O2/c29-23-14-12-20(13-15-23)17-30-27(34)22-9-6-16-32(19-22)26-28(35)33(18-21-7-2-1-3-8-21)25-11-5-4-10-24(25)31-26/h1-5,7-8,10-15,22H,6,9,16-19H2,(H,30,34)/t22-/m1/s1. The van der Waals surface area contributed by atoms with Crippen molar-refractivity contribution in [2.45, 2.75) is 25.9 Å². The molecule has 178 valence electrons. The Morgan fingerprint density at radius 2 is 1.71 bits per heavy atom. The lowest BCUT2D eigenvalue weighted by molar-refractivity contribution is -0.125. The molecule has 0 radical (unpaired) electrons. The third-order valence-electron chi connectivity index (χ3n) is 6.49. The van der Waals surface area contributed by atoms with Crippen LogP contribution in [0.2, 0.25) is 5.02 Å². The van der Waals surface area contributed by atoms with Gasteiger partial charge < -0.3 is 10.2 Å². The van der Waals surface area contributed by atoms with Crippen molar-refractivity contribution in [1.29, 1.82) is 0 Å². The molecular weight excluding hydrogens is 460 g/mol. The molecule has 35 heavy (non-hydrogen) atoms. The minimum atomic E-state index is -0.203. The summed E-state index contributed by atoms with van der Waals surface area (Å²) in [6.07, 6.45) is 1.61. The van der Waals surface area contributed by atoms with E-state index in [1.165, 1.54) is 0 Å². The third kappa shape index (κ3) is 5.23. The van der Waals surface area contributed by atoms with Crippen LogP contribution in [0.4, 0.5) is 5.82 Å². The molecule has 7 heteroatoms. The first-order chi connectivity index (χ1) is 17.1. The summed E-state index contributed by atoms with van der Waals surface area (Å²) in [6.45, 7) is 2.09. The average Bonchev–Trinajstić information content (AvgIpc) is 2.90. The number of benzene rings is 3. The van der Waals surface area contributed by atoms with Crippen LogP contribution in [0.25, 0.3) is 11.0 Å². The monoisotopic (exact) mass is 486 g/mol. The summed E-state index contributed by atoms with van der Waals surface area (Å²) in [4.78, 5) is 33.3.